The van der Waals surface area contributed by atoms with Gasteiger partial charge in [0.1, 0.15) is 6.29 Å². The normalized spacial score (nSPS) is 12.4. The predicted octanol–water partition coefficient (Wildman–Crippen LogP) is 2.68. The first-order chi connectivity index (χ1) is 7.74. The summed E-state index contributed by atoms with van der Waals surface area (Å²) in [7, 11) is 0. The summed E-state index contributed by atoms with van der Waals surface area (Å²) in [5.74, 6) is 0.224. The molecule has 16 heavy (non-hydrogen) atoms. The number of hydrogen-bond donors (Lipinski definition) is 1. The number of carbonyl (C=O) groups excluding carboxylic acids is 1. The number of aldehydes is 1. The van der Waals surface area contributed by atoms with Crippen molar-refractivity contribution in [3.8, 4) is 0 Å². The first kappa shape index (κ1) is 10.6. The number of rotatable bonds is 3. The van der Waals surface area contributed by atoms with Crippen LogP contribution in [0.3, 0.4) is 0 Å². The summed E-state index contributed by atoms with van der Waals surface area (Å²) in [5, 5.41) is 0. The second-order valence-corrected chi connectivity index (χ2v) is 3.91. The van der Waals surface area contributed by atoms with Crippen molar-refractivity contribution in [3.63, 3.8) is 0 Å². The zero-order valence-corrected chi connectivity index (χ0v) is 9.40. The first-order valence-electron chi connectivity index (χ1n) is 5.27. The molecule has 1 aromatic carbocycles. The van der Waals surface area contributed by atoms with Crippen LogP contribution in [0.15, 0.2) is 30.7 Å². The molecule has 0 spiro atoms. The molecule has 0 radical (unpaired) electrons. The summed E-state index contributed by atoms with van der Waals surface area (Å²) in [4.78, 5) is 18.0. The zero-order chi connectivity index (χ0) is 11.5. The van der Waals surface area contributed by atoms with Gasteiger partial charge in [0.25, 0.3) is 0 Å². The van der Waals surface area contributed by atoms with E-state index >= 15 is 0 Å². The van der Waals surface area contributed by atoms with Gasteiger partial charge in [-0.05, 0) is 18.1 Å². The van der Waals surface area contributed by atoms with Gasteiger partial charge in [0.05, 0.1) is 6.33 Å². The van der Waals surface area contributed by atoms with Crippen LogP contribution in [0.5, 0.6) is 0 Å². The van der Waals surface area contributed by atoms with Crippen LogP contribution >= 0.6 is 0 Å². The summed E-state index contributed by atoms with van der Waals surface area (Å²) in [6.07, 6.45) is 4.39. The lowest BCUT2D eigenvalue weighted by Crippen LogP contribution is -2.01. The third-order valence-corrected chi connectivity index (χ3v) is 3.00. The van der Waals surface area contributed by atoms with Crippen molar-refractivity contribution in [1.82, 2.24) is 9.97 Å². The van der Waals surface area contributed by atoms with Crippen molar-refractivity contribution in [2.24, 2.45) is 0 Å². The summed E-state index contributed by atoms with van der Waals surface area (Å²) in [6, 6.07) is 5.80. The highest BCUT2D eigenvalue weighted by Gasteiger charge is 2.13. The maximum atomic E-state index is 10.9. The second kappa shape index (κ2) is 4.31. The summed E-state index contributed by atoms with van der Waals surface area (Å²) >= 11 is 0. The van der Waals surface area contributed by atoms with Gasteiger partial charge >= 0.3 is 0 Å². The topological polar surface area (TPSA) is 45.8 Å². The molecule has 3 heteroatoms. The first-order valence-corrected chi connectivity index (χ1v) is 5.27. The van der Waals surface area contributed by atoms with Crippen molar-refractivity contribution in [3.05, 3.63) is 53.1 Å². The lowest BCUT2D eigenvalue weighted by Gasteiger charge is -2.14. The Balaban J connectivity index is 2.44. The van der Waals surface area contributed by atoms with E-state index in [-0.39, 0.29) is 5.92 Å². The van der Waals surface area contributed by atoms with Crippen LogP contribution in [-0.4, -0.2) is 16.3 Å². The van der Waals surface area contributed by atoms with Crippen molar-refractivity contribution in [2.75, 3.05) is 0 Å². The van der Waals surface area contributed by atoms with E-state index in [1.807, 2.05) is 31.3 Å². The van der Waals surface area contributed by atoms with Crippen LogP contribution in [0.4, 0.5) is 0 Å². The Bertz CT molecular complexity index is 489. The number of nitrogens with zero attached hydrogens (tertiary/aromatic N) is 1. The summed E-state index contributed by atoms with van der Waals surface area (Å²) < 4.78 is 0. The molecule has 0 amide bonds. The van der Waals surface area contributed by atoms with Crippen LogP contribution < -0.4 is 0 Å². The smallest absolute Gasteiger partial charge is 0.150 e. The molecule has 2 rings (SSSR count). The quantitative estimate of drug-likeness (QED) is 0.798. The van der Waals surface area contributed by atoms with Gasteiger partial charge in [0.15, 0.2) is 0 Å². The monoisotopic (exact) mass is 214 g/mol. The average Bonchev–Trinajstić information content (AvgIpc) is 2.82. The van der Waals surface area contributed by atoms with E-state index in [1.54, 1.807) is 6.33 Å². The number of aromatic nitrogens is 2. The van der Waals surface area contributed by atoms with Crippen LogP contribution in [0.25, 0.3) is 0 Å². The van der Waals surface area contributed by atoms with E-state index in [2.05, 4.69) is 16.9 Å². The predicted molar refractivity (Wildman–Crippen MR) is 62.7 cm³/mol. The molecule has 1 heterocycles. The fraction of sp³-hybridized carbons (Fsp3) is 0.231. The largest absolute Gasteiger partial charge is 0.348 e. The molecule has 82 valence electrons. The highest BCUT2D eigenvalue weighted by molar-refractivity contribution is 5.77. The standard InChI is InChI=1S/C13H14N2O/c1-9-11(7-16)4-3-5-12(9)10(2)13-6-14-8-15-13/h3-8,10H,1-2H3,(H,14,15)/t10-/m0/s1. The highest BCUT2D eigenvalue weighted by atomic mass is 16.1. The number of hydrogen-bond acceptors (Lipinski definition) is 2. The van der Waals surface area contributed by atoms with Gasteiger partial charge < -0.3 is 4.98 Å². The fourth-order valence-corrected chi connectivity index (χ4v) is 1.94. The maximum absolute atomic E-state index is 10.9. The SMILES string of the molecule is Cc1c(C=O)cccc1[C@H](C)c1cnc[nH]1. The molecule has 0 bridgehead atoms. The minimum Gasteiger partial charge on any atom is -0.348 e. The molecule has 0 saturated carbocycles. The number of carbonyl (C=O) groups is 1. The van der Waals surface area contributed by atoms with Gasteiger partial charge in [0.2, 0.25) is 0 Å². The number of imidazole rings is 1. The van der Waals surface area contributed by atoms with Crippen LogP contribution in [0.2, 0.25) is 0 Å². The van der Waals surface area contributed by atoms with Crippen LogP contribution in [0.1, 0.15) is 40.0 Å². The number of benzene rings is 1. The second-order valence-electron chi connectivity index (χ2n) is 3.91. The molecule has 1 atom stereocenters. The van der Waals surface area contributed by atoms with Crippen molar-refractivity contribution < 1.29 is 4.79 Å². The average molecular weight is 214 g/mol. The minimum absolute atomic E-state index is 0.224. The highest BCUT2D eigenvalue weighted by Crippen LogP contribution is 2.26. The van der Waals surface area contributed by atoms with Crippen LogP contribution in [0, 0.1) is 6.92 Å². The lowest BCUT2D eigenvalue weighted by molar-refractivity contribution is 0.112. The molecule has 0 aliphatic rings. The molecule has 0 saturated heterocycles. The van der Waals surface area contributed by atoms with E-state index in [0.29, 0.717) is 0 Å². The Morgan fingerprint density at radius 1 is 1.44 bits per heavy atom. The third kappa shape index (κ3) is 1.76. The minimum atomic E-state index is 0.224. The Morgan fingerprint density at radius 2 is 2.25 bits per heavy atom. The molecule has 2 aromatic rings. The number of H-pyrrole nitrogens is 1. The Morgan fingerprint density at radius 3 is 2.88 bits per heavy atom. The van der Waals surface area contributed by atoms with Crippen molar-refractivity contribution >= 4 is 6.29 Å². The van der Waals surface area contributed by atoms with Gasteiger partial charge in [-0.15, -0.1) is 0 Å². The summed E-state index contributed by atoms with van der Waals surface area (Å²) in [6.45, 7) is 4.08. The van der Waals surface area contributed by atoms with E-state index in [9.17, 15) is 4.79 Å². The Hall–Kier alpha value is -1.90. The zero-order valence-electron chi connectivity index (χ0n) is 9.40. The van der Waals surface area contributed by atoms with Gasteiger partial charge in [0, 0.05) is 23.4 Å². The van der Waals surface area contributed by atoms with Gasteiger partial charge in [-0.2, -0.15) is 0 Å². The van der Waals surface area contributed by atoms with Gasteiger partial charge in [-0.25, -0.2) is 4.98 Å². The molecule has 0 aliphatic carbocycles. The molecule has 1 aromatic heterocycles. The van der Waals surface area contributed by atoms with E-state index < -0.39 is 0 Å². The molecule has 0 unspecified atom stereocenters. The Labute approximate surface area is 94.5 Å². The molecule has 0 aliphatic heterocycles. The maximum Gasteiger partial charge on any atom is 0.150 e. The van der Waals surface area contributed by atoms with Gasteiger partial charge in [-0.1, -0.05) is 25.1 Å². The molecular formula is C13H14N2O. The van der Waals surface area contributed by atoms with Gasteiger partial charge in [-0.3, -0.25) is 4.79 Å². The molecular weight excluding hydrogens is 200 g/mol. The van der Waals surface area contributed by atoms with E-state index in [1.165, 1.54) is 0 Å². The third-order valence-electron chi connectivity index (χ3n) is 3.00. The van der Waals surface area contributed by atoms with Crippen LogP contribution in [-0.2, 0) is 0 Å². The fourth-order valence-electron chi connectivity index (χ4n) is 1.94. The molecule has 0 fully saturated rings. The lowest BCUT2D eigenvalue weighted by atomic mass is 9.92. The summed E-state index contributed by atoms with van der Waals surface area (Å²) in [5.41, 5.74) is 4.02. The Kier molecular flexibility index (Phi) is 2.86. The van der Waals surface area contributed by atoms with Crippen molar-refractivity contribution in [2.45, 2.75) is 19.8 Å². The van der Waals surface area contributed by atoms with Crippen molar-refractivity contribution in [1.29, 1.82) is 0 Å². The molecule has 1 N–H and O–H groups in total. The number of aromatic amines is 1. The molecule has 3 nitrogen and oxygen atoms in total. The van der Waals surface area contributed by atoms with E-state index in [0.717, 1.165) is 28.7 Å². The van der Waals surface area contributed by atoms with E-state index in [4.69, 9.17) is 0 Å². The number of nitrogens with one attached hydrogen (secondary N) is 1.